The monoisotopic (exact) mass is 286 g/mol. The van der Waals surface area contributed by atoms with Gasteiger partial charge in [-0.15, -0.1) is 0 Å². The van der Waals surface area contributed by atoms with E-state index in [1.807, 2.05) is 0 Å². The Bertz CT molecular complexity index is 482. The van der Waals surface area contributed by atoms with Crippen LogP contribution in [0.3, 0.4) is 0 Å². The first-order valence-electron chi connectivity index (χ1n) is 8.30. The van der Waals surface area contributed by atoms with Crippen LogP contribution < -0.4 is 0 Å². The second-order valence-electron chi connectivity index (χ2n) is 6.52. The van der Waals surface area contributed by atoms with E-state index in [9.17, 15) is 4.79 Å². The van der Waals surface area contributed by atoms with Gasteiger partial charge in [0.05, 0.1) is 0 Å². The van der Waals surface area contributed by atoms with Crippen molar-refractivity contribution in [3.63, 3.8) is 0 Å². The van der Waals surface area contributed by atoms with Gasteiger partial charge in [-0.25, -0.2) is 0 Å². The van der Waals surface area contributed by atoms with Gasteiger partial charge in [-0.1, -0.05) is 29.8 Å². The number of nitrogens with zero attached hydrogens (tertiary/aromatic N) is 2. The van der Waals surface area contributed by atoms with Crippen molar-refractivity contribution in [3.8, 4) is 0 Å². The van der Waals surface area contributed by atoms with Gasteiger partial charge in [-0.05, 0) is 44.7 Å². The largest absolute Gasteiger partial charge is 0.338 e. The predicted molar refractivity (Wildman–Crippen MR) is 85.3 cm³/mol. The highest BCUT2D eigenvalue weighted by Crippen LogP contribution is 2.21. The molecule has 114 valence electrons. The summed E-state index contributed by atoms with van der Waals surface area (Å²) in [4.78, 5) is 16.6. The number of aryl methyl sites for hydroxylation is 1. The van der Waals surface area contributed by atoms with Gasteiger partial charge in [0, 0.05) is 32.1 Å². The summed E-state index contributed by atoms with van der Waals surface area (Å²) >= 11 is 0. The van der Waals surface area contributed by atoms with Gasteiger partial charge < -0.3 is 9.80 Å². The van der Waals surface area contributed by atoms with Crippen LogP contribution in [0, 0.1) is 6.92 Å². The highest BCUT2D eigenvalue weighted by molar-refractivity contribution is 5.78. The molecule has 0 radical (unpaired) electrons. The molecule has 1 atom stereocenters. The number of carbonyl (C=O) groups is 1. The van der Waals surface area contributed by atoms with Crippen LogP contribution in [0.15, 0.2) is 24.3 Å². The maximum absolute atomic E-state index is 11.9. The molecule has 2 heterocycles. The summed E-state index contributed by atoms with van der Waals surface area (Å²) in [6.07, 6.45) is 5.34. The minimum absolute atomic E-state index is 0.375. The Labute approximate surface area is 127 Å². The van der Waals surface area contributed by atoms with Crippen molar-refractivity contribution in [1.82, 2.24) is 9.80 Å². The first kappa shape index (κ1) is 14.6. The number of amides is 1. The average molecular weight is 286 g/mol. The van der Waals surface area contributed by atoms with E-state index >= 15 is 0 Å². The molecule has 0 spiro atoms. The van der Waals surface area contributed by atoms with Crippen LogP contribution in [-0.4, -0.2) is 47.9 Å². The Balaban J connectivity index is 1.51. The highest BCUT2D eigenvalue weighted by Gasteiger charge is 2.30. The van der Waals surface area contributed by atoms with E-state index in [1.54, 1.807) is 0 Å². The molecule has 21 heavy (non-hydrogen) atoms. The SMILES string of the molecule is Cc1ccc(CCN2CCCC(N3CCCC3=O)C2)cc1. The summed E-state index contributed by atoms with van der Waals surface area (Å²) in [6.45, 7) is 6.48. The predicted octanol–water partition coefficient (Wildman–Crippen LogP) is 2.62. The Morgan fingerprint density at radius 2 is 1.95 bits per heavy atom. The molecule has 1 aromatic carbocycles. The van der Waals surface area contributed by atoms with Crippen molar-refractivity contribution in [2.24, 2.45) is 0 Å². The van der Waals surface area contributed by atoms with Crippen LogP contribution in [-0.2, 0) is 11.2 Å². The summed E-state index contributed by atoms with van der Waals surface area (Å²) in [5.41, 5.74) is 2.74. The fourth-order valence-electron chi connectivity index (χ4n) is 3.59. The van der Waals surface area contributed by atoms with Crippen molar-refractivity contribution in [1.29, 1.82) is 0 Å². The van der Waals surface area contributed by atoms with E-state index in [4.69, 9.17) is 0 Å². The molecule has 0 aromatic heterocycles. The molecule has 1 aromatic rings. The van der Waals surface area contributed by atoms with Crippen LogP contribution in [0.1, 0.15) is 36.8 Å². The Morgan fingerprint density at radius 1 is 1.14 bits per heavy atom. The zero-order chi connectivity index (χ0) is 14.7. The molecule has 2 saturated heterocycles. The number of piperidine rings is 1. The molecule has 3 nitrogen and oxygen atoms in total. The molecule has 0 N–H and O–H groups in total. The van der Waals surface area contributed by atoms with Crippen molar-refractivity contribution in [2.75, 3.05) is 26.2 Å². The van der Waals surface area contributed by atoms with Gasteiger partial charge in [0.15, 0.2) is 0 Å². The second-order valence-corrected chi connectivity index (χ2v) is 6.52. The lowest BCUT2D eigenvalue weighted by molar-refractivity contribution is -0.130. The third-order valence-corrected chi connectivity index (χ3v) is 4.87. The molecule has 2 aliphatic heterocycles. The van der Waals surface area contributed by atoms with E-state index in [0.29, 0.717) is 11.9 Å². The Morgan fingerprint density at radius 3 is 2.67 bits per heavy atom. The van der Waals surface area contributed by atoms with Crippen LogP contribution in [0.25, 0.3) is 0 Å². The van der Waals surface area contributed by atoms with Crippen LogP contribution in [0.4, 0.5) is 0 Å². The third-order valence-electron chi connectivity index (χ3n) is 4.87. The van der Waals surface area contributed by atoms with Gasteiger partial charge in [0.1, 0.15) is 0 Å². The maximum Gasteiger partial charge on any atom is 0.222 e. The first-order valence-corrected chi connectivity index (χ1v) is 8.30. The highest BCUT2D eigenvalue weighted by atomic mass is 16.2. The number of benzene rings is 1. The summed E-state index contributed by atoms with van der Waals surface area (Å²) < 4.78 is 0. The molecule has 0 saturated carbocycles. The molecule has 3 rings (SSSR count). The molecule has 1 amide bonds. The molecular weight excluding hydrogens is 260 g/mol. The van der Waals surface area contributed by atoms with Crippen LogP contribution >= 0.6 is 0 Å². The van der Waals surface area contributed by atoms with Gasteiger partial charge >= 0.3 is 0 Å². The lowest BCUT2D eigenvalue weighted by Gasteiger charge is -2.37. The van der Waals surface area contributed by atoms with Crippen molar-refractivity contribution < 1.29 is 4.79 Å². The normalized spacial score (nSPS) is 23.8. The zero-order valence-electron chi connectivity index (χ0n) is 13.1. The van der Waals surface area contributed by atoms with Gasteiger partial charge in [-0.2, -0.15) is 0 Å². The van der Waals surface area contributed by atoms with Crippen LogP contribution in [0.2, 0.25) is 0 Å². The average Bonchev–Trinajstić information content (AvgIpc) is 2.93. The van der Waals surface area contributed by atoms with Gasteiger partial charge in [-0.3, -0.25) is 4.79 Å². The van der Waals surface area contributed by atoms with Crippen molar-refractivity contribution >= 4 is 5.91 Å². The van der Waals surface area contributed by atoms with E-state index in [-0.39, 0.29) is 0 Å². The molecule has 2 fully saturated rings. The number of likely N-dealkylation sites (tertiary alicyclic amines) is 2. The smallest absolute Gasteiger partial charge is 0.222 e. The van der Waals surface area contributed by atoms with Crippen LogP contribution in [0.5, 0.6) is 0 Å². The molecular formula is C18H26N2O. The summed E-state index contributed by atoms with van der Waals surface area (Å²) in [6, 6.07) is 9.32. The minimum atomic E-state index is 0.375. The third kappa shape index (κ3) is 3.65. The number of hydrogen-bond donors (Lipinski definition) is 0. The van der Waals surface area contributed by atoms with Crippen molar-refractivity contribution in [2.45, 2.75) is 45.1 Å². The Kier molecular flexibility index (Phi) is 4.59. The minimum Gasteiger partial charge on any atom is -0.338 e. The fourth-order valence-corrected chi connectivity index (χ4v) is 3.59. The molecule has 1 unspecified atom stereocenters. The second kappa shape index (κ2) is 6.61. The fraction of sp³-hybridized carbons (Fsp3) is 0.611. The van der Waals surface area contributed by atoms with E-state index in [1.165, 1.54) is 30.5 Å². The van der Waals surface area contributed by atoms with E-state index in [0.717, 1.165) is 38.9 Å². The lowest BCUT2D eigenvalue weighted by atomic mass is 10.0. The number of carbonyl (C=O) groups excluding carboxylic acids is 1. The molecule has 2 aliphatic rings. The van der Waals surface area contributed by atoms with Gasteiger partial charge in [0.25, 0.3) is 0 Å². The maximum atomic E-state index is 11.9. The van der Waals surface area contributed by atoms with Crippen molar-refractivity contribution in [3.05, 3.63) is 35.4 Å². The number of rotatable bonds is 4. The summed E-state index contributed by atoms with van der Waals surface area (Å²) in [5, 5.41) is 0. The standard InChI is InChI=1S/C18H26N2O/c1-15-6-8-16(9-7-15)10-13-19-11-2-4-17(14-19)20-12-3-5-18(20)21/h6-9,17H,2-5,10-14H2,1H3. The van der Waals surface area contributed by atoms with E-state index < -0.39 is 0 Å². The molecule has 0 bridgehead atoms. The lowest BCUT2D eigenvalue weighted by Crippen LogP contribution is -2.48. The molecule has 0 aliphatic carbocycles. The topological polar surface area (TPSA) is 23.6 Å². The summed E-state index contributed by atoms with van der Waals surface area (Å²) in [5.74, 6) is 0.375. The zero-order valence-corrected chi connectivity index (χ0v) is 13.1. The first-order chi connectivity index (χ1) is 10.2. The Hall–Kier alpha value is -1.35. The summed E-state index contributed by atoms with van der Waals surface area (Å²) in [7, 11) is 0. The van der Waals surface area contributed by atoms with E-state index in [2.05, 4.69) is 41.0 Å². The number of hydrogen-bond acceptors (Lipinski definition) is 2. The molecule has 3 heteroatoms. The quantitative estimate of drug-likeness (QED) is 0.849. The van der Waals surface area contributed by atoms with Gasteiger partial charge in [0.2, 0.25) is 5.91 Å².